The molecule has 1 aromatic rings. The topological polar surface area (TPSA) is 58.0 Å². The van der Waals surface area contributed by atoms with Gasteiger partial charge in [0.1, 0.15) is 10.8 Å². The number of aliphatic hydroxyl groups excluding tert-OH is 1. The van der Waals surface area contributed by atoms with Gasteiger partial charge in [0.25, 0.3) is 0 Å². The lowest BCUT2D eigenvalue weighted by Gasteiger charge is -2.24. The molecule has 4 nitrogen and oxygen atoms in total. The molecule has 14 heavy (non-hydrogen) atoms. The third-order valence-corrected chi connectivity index (χ3v) is 2.03. The third kappa shape index (κ3) is 2.97. The van der Waals surface area contributed by atoms with Crippen molar-refractivity contribution in [2.24, 2.45) is 0 Å². The summed E-state index contributed by atoms with van der Waals surface area (Å²) in [6.07, 6.45) is 1.41. The van der Waals surface area contributed by atoms with Crippen LogP contribution in [0.5, 0.6) is 0 Å². The second kappa shape index (κ2) is 4.29. The number of anilines is 1. The fourth-order valence-electron chi connectivity index (χ4n) is 0.793. The molecule has 0 spiro atoms. The van der Waals surface area contributed by atoms with E-state index in [1.54, 1.807) is 0 Å². The molecule has 0 aliphatic rings. The van der Waals surface area contributed by atoms with Gasteiger partial charge >= 0.3 is 0 Å². The Morgan fingerprint density at radius 2 is 2.14 bits per heavy atom. The summed E-state index contributed by atoms with van der Waals surface area (Å²) in [6, 6.07) is 0. The van der Waals surface area contributed by atoms with Gasteiger partial charge in [-0.15, -0.1) is 0 Å². The fourth-order valence-corrected chi connectivity index (χ4v) is 1.06. The van der Waals surface area contributed by atoms with Crippen LogP contribution in [-0.2, 0) is 0 Å². The van der Waals surface area contributed by atoms with E-state index < -0.39 is 5.54 Å². The van der Waals surface area contributed by atoms with Gasteiger partial charge < -0.3 is 10.4 Å². The zero-order valence-corrected chi connectivity index (χ0v) is 9.39. The van der Waals surface area contributed by atoms with Crippen molar-refractivity contribution in [3.8, 4) is 0 Å². The standard InChI is InChI=1S/C8H11Cl2N3O/c1-8(2,4-14)13-6-5(9)3-11-7(10)12-6/h3,14H,4H2,1-2H3,(H,11,12,13). The van der Waals surface area contributed by atoms with Crippen molar-refractivity contribution in [1.82, 2.24) is 9.97 Å². The van der Waals surface area contributed by atoms with Crippen molar-refractivity contribution in [1.29, 1.82) is 0 Å². The summed E-state index contributed by atoms with van der Waals surface area (Å²) in [5.74, 6) is 0.422. The smallest absolute Gasteiger partial charge is 0.224 e. The lowest BCUT2D eigenvalue weighted by Crippen LogP contribution is -2.35. The molecule has 2 N–H and O–H groups in total. The van der Waals surface area contributed by atoms with Crippen molar-refractivity contribution >= 4 is 29.0 Å². The molecule has 0 unspecified atom stereocenters. The zero-order chi connectivity index (χ0) is 10.8. The van der Waals surface area contributed by atoms with Gasteiger partial charge in [-0.25, -0.2) is 4.98 Å². The highest BCUT2D eigenvalue weighted by atomic mass is 35.5. The van der Waals surface area contributed by atoms with Gasteiger partial charge in [0.15, 0.2) is 0 Å². The van der Waals surface area contributed by atoms with E-state index in [4.69, 9.17) is 28.3 Å². The van der Waals surface area contributed by atoms with Gasteiger partial charge in [-0.1, -0.05) is 11.6 Å². The molecule has 0 saturated carbocycles. The van der Waals surface area contributed by atoms with Gasteiger partial charge in [-0.3, -0.25) is 0 Å². The Labute approximate surface area is 92.3 Å². The van der Waals surface area contributed by atoms with Crippen LogP contribution in [0.1, 0.15) is 13.8 Å². The summed E-state index contributed by atoms with van der Waals surface area (Å²) < 4.78 is 0. The van der Waals surface area contributed by atoms with Crippen LogP contribution >= 0.6 is 23.2 Å². The molecule has 0 aliphatic carbocycles. The van der Waals surface area contributed by atoms with Crippen molar-refractivity contribution in [2.45, 2.75) is 19.4 Å². The fraction of sp³-hybridized carbons (Fsp3) is 0.500. The van der Waals surface area contributed by atoms with Crippen LogP contribution in [0.4, 0.5) is 5.82 Å². The van der Waals surface area contributed by atoms with E-state index in [9.17, 15) is 0 Å². The maximum absolute atomic E-state index is 9.03. The van der Waals surface area contributed by atoms with Crippen molar-refractivity contribution in [2.75, 3.05) is 11.9 Å². The Hall–Kier alpha value is -0.580. The predicted octanol–water partition coefficient (Wildman–Crippen LogP) is 1.97. The Morgan fingerprint density at radius 1 is 1.50 bits per heavy atom. The molecule has 78 valence electrons. The predicted molar refractivity (Wildman–Crippen MR) is 56.8 cm³/mol. The Balaban J connectivity index is 2.91. The number of aliphatic hydroxyl groups is 1. The molecular weight excluding hydrogens is 225 g/mol. The van der Waals surface area contributed by atoms with Crippen molar-refractivity contribution in [3.63, 3.8) is 0 Å². The molecule has 0 fully saturated rings. The molecular formula is C8H11Cl2N3O. The Kier molecular flexibility index (Phi) is 3.53. The quantitative estimate of drug-likeness (QED) is 0.787. The van der Waals surface area contributed by atoms with Crippen LogP contribution in [-0.4, -0.2) is 27.2 Å². The molecule has 1 aromatic heterocycles. The first-order valence-corrected chi connectivity index (χ1v) is 4.77. The van der Waals surface area contributed by atoms with Crippen LogP contribution in [0.15, 0.2) is 6.20 Å². The lowest BCUT2D eigenvalue weighted by molar-refractivity contribution is 0.234. The highest BCUT2D eigenvalue weighted by Crippen LogP contribution is 2.22. The molecule has 1 rings (SSSR count). The molecule has 0 saturated heterocycles. The molecule has 0 aromatic carbocycles. The van der Waals surface area contributed by atoms with Gasteiger partial charge in [0, 0.05) is 0 Å². The number of hydrogen-bond donors (Lipinski definition) is 2. The van der Waals surface area contributed by atoms with E-state index in [1.165, 1.54) is 6.20 Å². The number of rotatable bonds is 3. The van der Waals surface area contributed by atoms with E-state index in [2.05, 4.69) is 15.3 Å². The molecule has 0 radical (unpaired) electrons. The van der Waals surface area contributed by atoms with Gasteiger partial charge in [0.05, 0.1) is 18.3 Å². The number of hydrogen-bond acceptors (Lipinski definition) is 4. The van der Waals surface area contributed by atoms with Crippen LogP contribution < -0.4 is 5.32 Å². The summed E-state index contributed by atoms with van der Waals surface area (Å²) in [4.78, 5) is 7.62. The minimum atomic E-state index is -0.499. The Bertz CT molecular complexity index is 330. The van der Waals surface area contributed by atoms with Crippen LogP contribution in [0.25, 0.3) is 0 Å². The van der Waals surface area contributed by atoms with E-state index >= 15 is 0 Å². The largest absolute Gasteiger partial charge is 0.394 e. The number of halogens is 2. The van der Waals surface area contributed by atoms with Crippen LogP contribution in [0.2, 0.25) is 10.3 Å². The van der Waals surface area contributed by atoms with Crippen molar-refractivity contribution in [3.05, 3.63) is 16.5 Å². The van der Waals surface area contributed by atoms with E-state index in [0.717, 1.165) is 0 Å². The second-order valence-corrected chi connectivity index (χ2v) is 4.25. The molecule has 0 aliphatic heterocycles. The van der Waals surface area contributed by atoms with Crippen LogP contribution in [0, 0.1) is 0 Å². The van der Waals surface area contributed by atoms with E-state index in [-0.39, 0.29) is 11.9 Å². The average Bonchev–Trinajstić information content (AvgIpc) is 2.11. The highest BCUT2D eigenvalue weighted by Gasteiger charge is 2.18. The molecule has 1 heterocycles. The highest BCUT2D eigenvalue weighted by molar-refractivity contribution is 6.33. The third-order valence-electron chi connectivity index (χ3n) is 1.57. The summed E-state index contributed by atoms with van der Waals surface area (Å²) in [7, 11) is 0. The maximum atomic E-state index is 9.03. The Morgan fingerprint density at radius 3 is 2.71 bits per heavy atom. The first kappa shape index (κ1) is 11.5. The maximum Gasteiger partial charge on any atom is 0.224 e. The molecule has 0 amide bonds. The van der Waals surface area contributed by atoms with Crippen molar-refractivity contribution < 1.29 is 5.11 Å². The minimum Gasteiger partial charge on any atom is -0.394 e. The van der Waals surface area contributed by atoms with Crippen LogP contribution in [0.3, 0.4) is 0 Å². The van der Waals surface area contributed by atoms with E-state index in [1.807, 2.05) is 13.8 Å². The molecule has 0 atom stereocenters. The normalized spacial score (nSPS) is 11.5. The van der Waals surface area contributed by atoms with Gasteiger partial charge in [0.2, 0.25) is 5.28 Å². The summed E-state index contributed by atoms with van der Waals surface area (Å²) in [5.41, 5.74) is -0.499. The first-order valence-electron chi connectivity index (χ1n) is 4.02. The molecule has 6 heteroatoms. The van der Waals surface area contributed by atoms with E-state index in [0.29, 0.717) is 10.8 Å². The number of nitrogens with one attached hydrogen (secondary N) is 1. The number of aromatic nitrogens is 2. The minimum absolute atomic E-state index is 0.0368. The summed E-state index contributed by atoms with van der Waals surface area (Å²) in [6.45, 7) is 3.60. The zero-order valence-electron chi connectivity index (χ0n) is 7.88. The summed E-state index contributed by atoms with van der Waals surface area (Å²) in [5, 5.41) is 12.5. The lowest BCUT2D eigenvalue weighted by atomic mass is 10.1. The second-order valence-electron chi connectivity index (χ2n) is 3.50. The monoisotopic (exact) mass is 235 g/mol. The molecule has 0 bridgehead atoms. The van der Waals surface area contributed by atoms with Gasteiger partial charge in [-0.05, 0) is 25.4 Å². The average molecular weight is 236 g/mol. The SMILES string of the molecule is CC(C)(CO)Nc1nc(Cl)ncc1Cl. The number of nitrogens with zero attached hydrogens (tertiary/aromatic N) is 2. The first-order chi connectivity index (χ1) is 6.44. The van der Waals surface area contributed by atoms with Gasteiger partial charge in [-0.2, -0.15) is 4.98 Å². The summed E-state index contributed by atoms with van der Waals surface area (Å²) >= 11 is 11.4.